The standard InChI is InChI=1S/C24H26N4O5/c29-23(30)13-17(16-7-9-19-20(11-16)32-14-31-19)12-22-27-21(28-33-22)5-1-4-18-8-6-15-3-2-10-25-24(15)26-18/h6-9,11,17H,1-5,10,12-14H2,(H,25,26)(H,29,30)/t17-/m0/s1. The van der Waals surface area contributed by atoms with Crippen molar-refractivity contribution in [2.75, 3.05) is 18.7 Å². The second kappa shape index (κ2) is 9.48. The first-order valence-electron chi connectivity index (χ1n) is 11.3. The van der Waals surface area contributed by atoms with Gasteiger partial charge in [0, 0.05) is 31.0 Å². The van der Waals surface area contributed by atoms with Crippen molar-refractivity contribution in [1.29, 1.82) is 0 Å². The fourth-order valence-electron chi connectivity index (χ4n) is 4.31. The molecule has 0 unspecified atom stereocenters. The average molecular weight is 450 g/mol. The summed E-state index contributed by atoms with van der Waals surface area (Å²) in [7, 11) is 0. The highest BCUT2D eigenvalue weighted by molar-refractivity contribution is 5.68. The third kappa shape index (κ3) is 5.08. The van der Waals surface area contributed by atoms with Gasteiger partial charge in [0.2, 0.25) is 12.7 Å². The number of hydrogen-bond acceptors (Lipinski definition) is 8. The maximum Gasteiger partial charge on any atom is 0.303 e. The molecule has 1 aromatic carbocycles. The number of carbonyl (C=O) groups is 1. The van der Waals surface area contributed by atoms with Crippen LogP contribution in [0.5, 0.6) is 11.5 Å². The predicted octanol–water partition coefficient (Wildman–Crippen LogP) is 3.53. The van der Waals surface area contributed by atoms with Crippen LogP contribution in [-0.2, 0) is 30.5 Å². The second-order valence-corrected chi connectivity index (χ2v) is 8.41. The van der Waals surface area contributed by atoms with E-state index in [0.717, 1.165) is 49.3 Å². The van der Waals surface area contributed by atoms with Crippen molar-refractivity contribution in [2.45, 2.75) is 50.9 Å². The Morgan fingerprint density at radius 1 is 1.12 bits per heavy atom. The van der Waals surface area contributed by atoms with Gasteiger partial charge in [-0.3, -0.25) is 4.79 Å². The Morgan fingerprint density at radius 2 is 2.03 bits per heavy atom. The van der Waals surface area contributed by atoms with Gasteiger partial charge in [0.25, 0.3) is 0 Å². The number of nitrogens with one attached hydrogen (secondary N) is 1. The van der Waals surface area contributed by atoms with Crippen LogP contribution in [0.25, 0.3) is 0 Å². The molecule has 4 heterocycles. The van der Waals surface area contributed by atoms with Crippen LogP contribution in [0, 0.1) is 0 Å². The van der Waals surface area contributed by atoms with Gasteiger partial charge in [-0.05, 0) is 55.0 Å². The molecule has 9 nitrogen and oxygen atoms in total. The number of anilines is 1. The molecule has 3 aromatic rings. The van der Waals surface area contributed by atoms with Gasteiger partial charge in [0.15, 0.2) is 17.3 Å². The monoisotopic (exact) mass is 450 g/mol. The molecule has 2 aliphatic rings. The average Bonchev–Trinajstić information content (AvgIpc) is 3.47. The lowest BCUT2D eigenvalue weighted by molar-refractivity contribution is -0.137. The van der Waals surface area contributed by atoms with E-state index in [1.165, 1.54) is 5.56 Å². The predicted molar refractivity (Wildman–Crippen MR) is 119 cm³/mol. The molecule has 0 radical (unpaired) electrons. The van der Waals surface area contributed by atoms with E-state index in [9.17, 15) is 9.90 Å². The summed E-state index contributed by atoms with van der Waals surface area (Å²) in [5.41, 5.74) is 3.18. The minimum absolute atomic E-state index is 0.0462. The number of nitrogens with zero attached hydrogens (tertiary/aromatic N) is 3. The van der Waals surface area contributed by atoms with Crippen LogP contribution >= 0.6 is 0 Å². The van der Waals surface area contributed by atoms with Crippen LogP contribution in [-0.4, -0.2) is 39.5 Å². The maximum atomic E-state index is 11.4. The first kappa shape index (κ1) is 21.2. The number of ether oxygens (including phenoxy) is 2. The van der Waals surface area contributed by atoms with Crippen LogP contribution < -0.4 is 14.8 Å². The van der Waals surface area contributed by atoms with Crippen molar-refractivity contribution in [3.05, 3.63) is 58.9 Å². The quantitative estimate of drug-likeness (QED) is 0.504. The Hall–Kier alpha value is -3.62. The molecule has 2 N–H and O–H groups in total. The molecule has 2 aromatic heterocycles. The number of aromatic nitrogens is 3. The van der Waals surface area contributed by atoms with E-state index >= 15 is 0 Å². The number of pyridine rings is 1. The van der Waals surface area contributed by atoms with Crippen LogP contribution in [0.2, 0.25) is 0 Å². The zero-order valence-electron chi connectivity index (χ0n) is 18.2. The number of benzene rings is 1. The molecule has 0 aliphatic carbocycles. The summed E-state index contributed by atoms with van der Waals surface area (Å²) in [6.07, 6.45) is 4.88. The van der Waals surface area contributed by atoms with Crippen molar-refractivity contribution < 1.29 is 23.9 Å². The second-order valence-electron chi connectivity index (χ2n) is 8.41. The van der Waals surface area contributed by atoms with Gasteiger partial charge in [-0.15, -0.1) is 0 Å². The van der Waals surface area contributed by atoms with Gasteiger partial charge in [-0.1, -0.05) is 17.3 Å². The van der Waals surface area contributed by atoms with Crippen molar-refractivity contribution >= 4 is 11.8 Å². The number of carboxylic acid groups (broad SMARTS) is 1. The van der Waals surface area contributed by atoms with Crippen LogP contribution in [0.4, 0.5) is 5.82 Å². The highest BCUT2D eigenvalue weighted by atomic mass is 16.7. The Morgan fingerprint density at radius 3 is 2.94 bits per heavy atom. The molecule has 0 spiro atoms. The van der Waals surface area contributed by atoms with Crippen molar-refractivity contribution in [2.24, 2.45) is 0 Å². The largest absolute Gasteiger partial charge is 0.481 e. The van der Waals surface area contributed by atoms with Crippen molar-refractivity contribution in [3.8, 4) is 11.5 Å². The Bertz CT molecular complexity index is 1150. The number of hydrogen-bond donors (Lipinski definition) is 2. The zero-order chi connectivity index (χ0) is 22.6. The van der Waals surface area contributed by atoms with E-state index in [1.807, 2.05) is 12.1 Å². The molecule has 0 amide bonds. The molecule has 0 fully saturated rings. The SMILES string of the molecule is O=C(O)C[C@H](Cc1nc(CCCc2ccc3c(n2)NCCC3)no1)c1ccc2c(c1)OCO2. The molecule has 0 saturated heterocycles. The molecule has 1 atom stereocenters. The number of aryl methyl sites for hydroxylation is 3. The van der Waals surface area contributed by atoms with E-state index in [1.54, 1.807) is 6.07 Å². The van der Waals surface area contributed by atoms with Crippen LogP contribution in [0.15, 0.2) is 34.9 Å². The third-order valence-electron chi connectivity index (χ3n) is 6.01. The molecule has 0 saturated carbocycles. The Labute approximate surface area is 191 Å². The lowest BCUT2D eigenvalue weighted by Crippen LogP contribution is -2.14. The molecule has 2 aliphatic heterocycles. The summed E-state index contributed by atoms with van der Waals surface area (Å²) < 4.78 is 16.2. The minimum Gasteiger partial charge on any atom is -0.481 e. The summed E-state index contributed by atoms with van der Waals surface area (Å²) in [5, 5.41) is 16.8. The van der Waals surface area contributed by atoms with Gasteiger partial charge in [-0.25, -0.2) is 4.98 Å². The third-order valence-corrected chi connectivity index (χ3v) is 6.01. The molecule has 172 valence electrons. The lowest BCUT2D eigenvalue weighted by atomic mass is 9.92. The molecule has 33 heavy (non-hydrogen) atoms. The van der Waals surface area contributed by atoms with Crippen LogP contribution in [0.1, 0.15) is 53.7 Å². The Balaban J connectivity index is 1.19. The number of rotatable bonds is 9. The molecule has 5 rings (SSSR count). The van der Waals surface area contributed by atoms with Gasteiger partial charge < -0.3 is 24.4 Å². The lowest BCUT2D eigenvalue weighted by Gasteiger charge is -2.17. The summed E-state index contributed by atoms with van der Waals surface area (Å²) >= 11 is 0. The number of aliphatic carboxylic acids is 1. The van der Waals surface area contributed by atoms with Gasteiger partial charge in [-0.2, -0.15) is 4.98 Å². The molecule has 0 bridgehead atoms. The smallest absolute Gasteiger partial charge is 0.303 e. The number of carboxylic acids is 1. The molecule has 9 heteroatoms. The fraction of sp³-hybridized carbons (Fsp3) is 0.417. The van der Waals surface area contributed by atoms with Crippen molar-refractivity contribution in [3.63, 3.8) is 0 Å². The highest BCUT2D eigenvalue weighted by Crippen LogP contribution is 2.36. The normalized spacial score (nSPS) is 15.0. The zero-order valence-corrected chi connectivity index (χ0v) is 18.2. The summed E-state index contributed by atoms with van der Waals surface area (Å²) in [6, 6.07) is 9.74. The van der Waals surface area contributed by atoms with Gasteiger partial charge in [0.1, 0.15) is 5.82 Å². The minimum atomic E-state index is -0.885. The van der Waals surface area contributed by atoms with E-state index in [2.05, 4.69) is 27.6 Å². The fourth-order valence-corrected chi connectivity index (χ4v) is 4.31. The van der Waals surface area contributed by atoms with Gasteiger partial charge >= 0.3 is 5.97 Å². The Kier molecular flexibility index (Phi) is 6.10. The highest BCUT2D eigenvalue weighted by Gasteiger charge is 2.23. The van der Waals surface area contributed by atoms with Crippen LogP contribution in [0.3, 0.4) is 0 Å². The molecular formula is C24H26N4O5. The first-order valence-corrected chi connectivity index (χ1v) is 11.3. The van der Waals surface area contributed by atoms with E-state index in [4.69, 9.17) is 19.0 Å². The first-order chi connectivity index (χ1) is 16.1. The van der Waals surface area contributed by atoms with Gasteiger partial charge in [0.05, 0.1) is 6.42 Å². The topological polar surface area (TPSA) is 120 Å². The van der Waals surface area contributed by atoms with Crippen molar-refractivity contribution in [1.82, 2.24) is 15.1 Å². The van der Waals surface area contributed by atoms with E-state index in [-0.39, 0.29) is 19.1 Å². The van der Waals surface area contributed by atoms with E-state index in [0.29, 0.717) is 36.1 Å². The molecular weight excluding hydrogens is 424 g/mol. The maximum absolute atomic E-state index is 11.4. The summed E-state index contributed by atoms with van der Waals surface area (Å²) in [4.78, 5) is 20.7. The summed E-state index contributed by atoms with van der Waals surface area (Å²) in [6.45, 7) is 1.15. The van der Waals surface area contributed by atoms with E-state index < -0.39 is 5.97 Å². The summed E-state index contributed by atoms with van der Waals surface area (Å²) in [5.74, 6) is 2.17. The number of fused-ring (bicyclic) bond motifs is 2.